The van der Waals surface area contributed by atoms with Gasteiger partial charge in [-0.25, -0.2) is 0 Å². The van der Waals surface area contributed by atoms with Crippen molar-refractivity contribution in [1.29, 1.82) is 0 Å². The molecule has 1 aromatic rings. The fourth-order valence-corrected chi connectivity index (χ4v) is 2.62. The van der Waals surface area contributed by atoms with Crippen LogP contribution in [0, 0.1) is 5.92 Å². The van der Waals surface area contributed by atoms with Crippen LogP contribution in [-0.4, -0.2) is 19.2 Å². The van der Waals surface area contributed by atoms with Crippen molar-refractivity contribution in [1.82, 2.24) is 0 Å². The molecule has 0 bridgehead atoms. The number of benzene rings is 1. The number of esters is 1. The summed E-state index contributed by atoms with van der Waals surface area (Å²) in [5, 5.41) is 0. The lowest BCUT2D eigenvalue weighted by molar-refractivity contribution is -0.144. The second-order valence-corrected chi connectivity index (χ2v) is 5.99. The van der Waals surface area contributed by atoms with Gasteiger partial charge in [-0.1, -0.05) is 22.9 Å². The minimum atomic E-state index is -0.173. The SMILES string of the molecule is CCOC(=O)CC(C)CC(N)c1cc(Br)ccc1OCC. The number of halogens is 1. The second-order valence-electron chi connectivity index (χ2n) is 5.07. The van der Waals surface area contributed by atoms with E-state index in [0.717, 1.165) is 15.8 Å². The van der Waals surface area contributed by atoms with Crippen molar-refractivity contribution in [3.05, 3.63) is 28.2 Å². The van der Waals surface area contributed by atoms with Gasteiger partial charge >= 0.3 is 5.97 Å². The summed E-state index contributed by atoms with van der Waals surface area (Å²) in [6.07, 6.45) is 1.09. The van der Waals surface area contributed by atoms with Gasteiger partial charge in [-0.05, 0) is 44.4 Å². The largest absolute Gasteiger partial charge is 0.494 e. The Balaban J connectivity index is 2.72. The van der Waals surface area contributed by atoms with Gasteiger partial charge in [-0.15, -0.1) is 0 Å². The van der Waals surface area contributed by atoms with E-state index in [1.807, 2.05) is 39.0 Å². The highest BCUT2D eigenvalue weighted by Crippen LogP contribution is 2.31. The molecule has 118 valence electrons. The zero-order chi connectivity index (χ0) is 15.8. The Bertz CT molecular complexity index is 465. The molecule has 2 unspecified atom stereocenters. The van der Waals surface area contributed by atoms with Crippen LogP contribution in [0.5, 0.6) is 5.75 Å². The summed E-state index contributed by atoms with van der Waals surface area (Å²) in [7, 11) is 0. The number of hydrogen-bond donors (Lipinski definition) is 1. The maximum absolute atomic E-state index is 11.5. The lowest BCUT2D eigenvalue weighted by atomic mass is 9.94. The number of nitrogens with two attached hydrogens (primary N) is 1. The summed E-state index contributed by atoms with van der Waals surface area (Å²) in [6, 6.07) is 5.66. The number of ether oxygens (including phenoxy) is 2. The molecule has 21 heavy (non-hydrogen) atoms. The molecule has 0 spiro atoms. The van der Waals surface area contributed by atoms with Gasteiger partial charge in [-0.3, -0.25) is 4.79 Å². The molecule has 0 radical (unpaired) electrons. The number of carbonyl (C=O) groups is 1. The molecule has 0 saturated carbocycles. The Kier molecular flexibility index (Phi) is 7.75. The van der Waals surface area contributed by atoms with Gasteiger partial charge in [0.2, 0.25) is 0 Å². The molecule has 0 aromatic heterocycles. The van der Waals surface area contributed by atoms with E-state index >= 15 is 0 Å². The first kappa shape index (κ1) is 18.0. The minimum Gasteiger partial charge on any atom is -0.494 e. The van der Waals surface area contributed by atoms with Gasteiger partial charge < -0.3 is 15.2 Å². The highest BCUT2D eigenvalue weighted by Gasteiger charge is 2.18. The molecule has 1 aromatic carbocycles. The third kappa shape index (κ3) is 6.06. The standard InChI is InChI=1S/C16H24BrNO3/c1-4-20-15-7-6-12(17)10-13(15)14(18)8-11(3)9-16(19)21-5-2/h6-7,10-11,14H,4-5,8-9,18H2,1-3H3. The zero-order valence-corrected chi connectivity index (χ0v) is 14.5. The van der Waals surface area contributed by atoms with E-state index in [2.05, 4.69) is 15.9 Å². The fourth-order valence-electron chi connectivity index (χ4n) is 2.24. The topological polar surface area (TPSA) is 61.5 Å². The van der Waals surface area contributed by atoms with Gasteiger partial charge in [0.25, 0.3) is 0 Å². The monoisotopic (exact) mass is 357 g/mol. The Morgan fingerprint density at radius 3 is 2.67 bits per heavy atom. The first-order valence-electron chi connectivity index (χ1n) is 7.31. The van der Waals surface area contributed by atoms with E-state index < -0.39 is 0 Å². The summed E-state index contributed by atoms with van der Waals surface area (Å²) >= 11 is 3.46. The quantitative estimate of drug-likeness (QED) is 0.718. The predicted octanol–water partition coefficient (Wildman–Crippen LogP) is 3.83. The van der Waals surface area contributed by atoms with E-state index in [-0.39, 0.29) is 17.9 Å². The van der Waals surface area contributed by atoms with Crippen molar-refractivity contribution in [3.63, 3.8) is 0 Å². The molecule has 0 amide bonds. The van der Waals surface area contributed by atoms with E-state index in [4.69, 9.17) is 15.2 Å². The highest BCUT2D eigenvalue weighted by atomic mass is 79.9. The molecule has 2 N–H and O–H groups in total. The molecule has 0 fully saturated rings. The Hall–Kier alpha value is -1.07. The molecular weight excluding hydrogens is 334 g/mol. The maximum Gasteiger partial charge on any atom is 0.306 e. The number of hydrogen-bond acceptors (Lipinski definition) is 4. The lowest BCUT2D eigenvalue weighted by Crippen LogP contribution is -2.18. The first-order valence-corrected chi connectivity index (χ1v) is 8.10. The van der Waals surface area contributed by atoms with Crippen LogP contribution in [0.2, 0.25) is 0 Å². The molecule has 5 heteroatoms. The van der Waals surface area contributed by atoms with Crippen LogP contribution >= 0.6 is 15.9 Å². The summed E-state index contributed by atoms with van der Waals surface area (Å²) in [4.78, 5) is 11.5. The second kappa shape index (κ2) is 9.05. The molecule has 0 aliphatic carbocycles. The Morgan fingerprint density at radius 2 is 2.05 bits per heavy atom. The minimum absolute atomic E-state index is 0.160. The van der Waals surface area contributed by atoms with Crippen LogP contribution in [0.15, 0.2) is 22.7 Å². The molecule has 0 heterocycles. The van der Waals surface area contributed by atoms with E-state index in [0.29, 0.717) is 26.1 Å². The first-order chi connectivity index (χ1) is 9.97. The van der Waals surface area contributed by atoms with Crippen molar-refractivity contribution in [3.8, 4) is 5.75 Å². The molecular formula is C16H24BrNO3. The lowest BCUT2D eigenvalue weighted by Gasteiger charge is -2.20. The highest BCUT2D eigenvalue weighted by molar-refractivity contribution is 9.10. The zero-order valence-electron chi connectivity index (χ0n) is 12.9. The van der Waals surface area contributed by atoms with Crippen LogP contribution in [0.3, 0.4) is 0 Å². The molecule has 0 aliphatic heterocycles. The van der Waals surface area contributed by atoms with Crippen LogP contribution in [0.25, 0.3) is 0 Å². The summed E-state index contributed by atoms with van der Waals surface area (Å²) < 4.78 is 11.6. The van der Waals surface area contributed by atoms with Crippen molar-refractivity contribution in [2.24, 2.45) is 11.7 Å². The number of carbonyl (C=O) groups excluding carboxylic acids is 1. The van der Waals surface area contributed by atoms with Gasteiger partial charge in [0.15, 0.2) is 0 Å². The maximum atomic E-state index is 11.5. The Labute approximate surface area is 135 Å². The van der Waals surface area contributed by atoms with Crippen LogP contribution in [0.1, 0.15) is 45.2 Å². The smallest absolute Gasteiger partial charge is 0.306 e. The molecule has 1 rings (SSSR count). The normalized spacial score (nSPS) is 13.6. The van der Waals surface area contributed by atoms with E-state index in [9.17, 15) is 4.79 Å². The fraction of sp³-hybridized carbons (Fsp3) is 0.562. The summed E-state index contributed by atoms with van der Waals surface area (Å²) in [5.74, 6) is 0.792. The molecule has 0 aliphatic rings. The predicted molar refractivity (Wildman–Crippen MR) is 87.3 cm³/mol. The van der Waals surface area contributed by atoms with E-state index in [1.165, 1.54) is 0 Å². The third-order valence-electron chi connectivity index (χ3n) is 3.15. The Morgan fingerprint density at radius 1 is 1.33 bits per heavy atom. The van der Waals surface area contributed by atoms with Gasteiger partial charge in [0.05, 0.1) is 13.2 Å². The van der Waals surface area contributed by atoms with Crippen LogP contribution in [-0.2, 0) is 9.53 Å². The van der Waals surface area contributed by atoms with Crippen LogP contribution < -0.4 is 10.5 Å². The van der Waals surface area contributed by atoms with Gasteiger partial charge in [0, 0.05) is 22.5 Å². The van der Waals surface area contributed by atoms with Crippen molar-refractivity contribution < 1.29 is 14.3 Å². The molecule has 2 atom stereocenters. The van der Waals surface area contributed by atoms with Gasteiger partial charge in [-0.2, -0.15) is 0 Å². The summed E-state index contributed by atoms with van der Waals surface area (Å²) in [5.41, 5.74) is 7.25. The third-order valence-corrected chi connectivity index (χ3v) is 3.64. The average Bonchev–Trinajstić information content (AvgIpc) is 2.40. The van der Waals surface area contributed by atoms with Crippen molar-refractivity contribution >= 4 is 21.9 Å². The van der Waals surface area contributed by atoms with Crippen molar-refractivity contribution in [2.75, 3.05) is 13.2 Å². The summed E-state index contributed by atoms with van der Waals surface area (Å²) in [6.45, 7) is 6.78. The number of rotatable bonds is 8. The molecule has 4 nitrogen and oxygen atoms in total. The van der Waals surface area contributed by atoms with E-state index in [1.54, 1.807) is 0 Å². The van der Waals surface area contributed by atoms with Gasteiger partial charge in [0.1, 0.15) is 5.75 Å². The molecule has 0 saturated heterocycles. The average molecular weight is 358 g/mol. The van der Waals surface area contributed by atoms with Crippen LogP contribution in [0.4, 0.5) is 0 Å². The van der Waals surface area contributed by atoms with Crippen molar-refractivity contribution in [2.45, 2.75) is 39.7 Å².